The second-order valence-electron chi connectivity index (χ2n) is 6.55. The molecule has 1 aliphatic rings. The molecule has 2 aromatic rings. The molecule has 0 aromatic carbocycles. The summed E-state index contributed by atoms with van der Waals surface area (Å²) in [6.07, 6.45) is -3.40. The molecule has 1 saturated heterocycles. The van der Waals surface area contributed by atoms with Gasteiger partial charge in [0, 0.05) is 40.3 Å². The van der Waals surface area contributed by atoms with Gasteiger partial charge in [-0.25, -0.2) is 8.42 Å². The fraction of sp³-hybridized carbons (Fsp3) is 0.533. The van der Waals surface area contributed by atoms with E-state index in [1.54, 1.807) is 14.0 Å². The number of amides is 1. The average Bonchev–Trinajstić information content (AvgIpc) is 3.13. The number of piperazine rings is 1. The third kappa shape index (κ3) is 3.80. The minimum absolute atomic E-state index is 0.0129. The lowest BCUT2D eigenvalue weighted by molar-refractivity contribution is -0.144. The lowest BCUT2D eigenvalue weighted by Crippen LogP contribution is -2.50. The number of aryl methyl sites for hydroxylation is 2. The molecule has 29 heavy (non-hydrogen) atoms. The molecule has 1 aliphatic heterocycles. The van der Waals surface area contributed by atoms with Gasteiger partial charge in [0.05, 0.1) is 16.4 Å². The van der Waals surface area contributed by atoms with Crippen LogP contribution in [0.5, 0.6) is 0 Å². The van der Waals surface area contributed by atoms with E-state index in [4.69, 9.17) is 0 Å². The first kappa shape index (κ1) is 21.8. The van der Waals surface area contributed by atoms with Crippen LogP contribution in [0.4, 0.5) is 13.2 Å². The molecule has 3 heterocycles. The number of halogens is 4. The van der Waals surface area contributed by atoms with E-state index in [1.165, 1.54) is 20.1 Å². The summed E-state index contributed by atoms with van der Waals surface area (Å²) in [4.78, 5) is 14.0. The van der Waals surface area contributed by atoms with Crippen LogP contribution in [0.15, 0.2) is 15.6 Å². The van der Waals surface area contributed by atoms with Gasteiger partial charge in [0.2, 0.25) is 10.0 Å². The molecule has 1 fully saturated rings. The number of hydrogen-bond acceptors (Lipinski definition) is 5. The van der Waals surface area contributed by atoms with Crippen molar-refractivity contribution in [2.45, 2.75) is 18.0 Å². The number of alkyl halides is 3. The minimum atomic E-state index is -4.67. The van der Waals surface area contributed by atoms with E-state index in [0.717, 1.165) is 7.05 Å². The molecule has 2 aromatic heterocycles. The molecule has 0 atom stereocenters. The Morgan fingerprint density at radius 2 is 1.72 bits per heavy atom. The van der Waals surface area contributed by atoms with Crippen molar-refractivity contribution in [3.63, 3.8) is 0 Å². The fourth-order valence-corrected chi connectivity index (χ4v) is 5.43. The fourth-order valence-electron chi connectivity index (χ4n) is 3.09. The van der Waals surface area contributed by atoms with Crippen molar-refractivity contribution >= 4 is 31.9 Å². The van der Waals surface area contributed by atoms with Gasteiger partial charge in [-0.15, -0.1) is 0 Å². The van der Waals surface area contributed by atoms with E-state index < -0.39 is 32.3 Å². The highest BCUT2D eigenvalue weighted by atomic mass is 79.9. The Morgan fingerprint density at radius 3 is 2.17 bits per heavy atom. The van der Waals surface area contributed by atoms with Crippen molar-refractivity contribution in [3.05, 3.63) is 27.8 Å². The van der Waals surface area contributed by atoms with Crippen LogP contribution >= 0.6 is 15.9 Å². The van der Waals surface area contributed by atoms with Crippen molar-refractivity contribution < 1.29 is 26.4 Å². The molecule has 0 saturated carbocycles. The average molecular weight is 499 g/mol. The maximum Gasteiger partial charge on any atom is 0.434 e. The number of carbonyl (C=O) groups is 1. The van der Waals surface area contributed by atoms with Crippen molar-refractivity contribution in [2.24, 2.45) is 14.1 Å². The topological polar surface area (TPSA) is 93.3 Å². The van der Waals surface area contributed by atoms with Gasteiger partial charge in [-0.2, -0.15) is 27.7 Å². The SMILES string of the molecule is Cc1c(S(=O)(=O)N2CCN(C(=O)c3nn(C)c(C(F)(F)F)c3Br)CC2)cnn1C. The Morgan fingerprint density at radius 1 is 1.14 bits per heavy atom. The van der Waals surface area contributed by atoms with Crippen molar-refractivity contribution in [1.82, 2.24) is 28.8 Å². The van der Waals surface area contributed by atoms with E-state index in [-0.39, 0.29) is 36.8 Å². The Labute approximate surface area is 173 Å². The molecule has 3 rings (SSSR count). The summed E-state index contributed by atoms with van der Waals surface area (Å²) in [6.45, 7) is 1.72. The smallest absolute Gasteiger partial charge is 0.335 e. The molecule has 9 nitrogen and oxygen atoms in total. The lowest BCUT2D eigenvalue weighted by Gasteiger charge is -2.33. The summed E-state index contributed by atoms with van der Waals surface area (Å²) < 4.78 is 67.8. The monoisotopic (exact) mass is 498 g/mol. The molecule has 0 radical (unpaired) electrons. The van der Waals surface area contributed by atoms with Gasteiger partial charge in [0.1, 0.15) is 4.90 Å². The molecule has 0 aliphatic carbocycles. The molecule has 0 unspecified atom stereocenters. The standard InChI is InChI=1S/C15H18BrF3N6O3S/c1-9-10(8-20-22(9)2)29(27,28)25-6-4-24(5-7-25)14(26)12-11(16)13(15(17,18)19)23(3)21-12/h8H,4-7H2,1-3H3. The molecule has 0 bridgehead atoms. The summed E-state index contributed by atoms with van der Waals surface area (Å²) >= 11 is 2.82. The van der Waals surface area contributed by atoms with Crippen LogP contribution in [0, 0.1) is 6.92 Å². The maximum atomic E-state index is 13.1. The molecular formula is C15H18BrF3N6O3S. The lowest BCUT2D eigenvalue weighted by atomic mass is 10.3. The van der Waals surface area contributed by atoms with Gasteiger partial charge >= 0.3 is 6.18 Å². The van der Waals surface area contributed by atoms with Gasteiger partial charge < -0.3 is 4.90 Å². The highest BCUT2D eigenvalue weighted by Crippen LogP contribution is 2.36. The second kappa shape index (κ2) is 7.40. The van der Waals surface area contributed by atoms with Gasteiger partial charge in [0.25, 0.3) is 5.91 Å². The maximum absolute atomic E-state index is 13.1. The summed E-state index contributed by atoms with van der Waals surface area (Å²) in [6, 6.07) is 0. The highest BCUT2D eigenvalue weighted by Gasteiger charge is 2.41. The quantitative estimate of drug-likeness (QED) is 0.637. The first-order chi connectivity index (χ1) is 13.4. The van der Waals surface area contributed by atoms with Crippen LogP contribution < -0.4 is 0 Å². The van der Waals surface area contributed by atoms with Gasteiger partial charge in [0.15, 0.2) is 11.4 Å². The van der Waals surface area contributed by atoms with Crippen molar-refractivity contribution in [1.29, 1.82) is 0 Å². The molecule has 160 valence electrons. The van der Waals surface area contributed by atoms with Crippen LogP contribution in [-0.4, -0.2) is 69.3 Å². The number of aromatic nitrogens is 4. The first-order valence-electron chi connectivity index (χ1n) is 8.43. The molecule has 0 N–H and O–H groups in total. The molecule has 0 spiro atoms. The number of rotatable bonds is 3. The molecule has 14 heteroatoms. The van der Waals surface area contributed by atoms with E-state index in [2.05, 4.69) is 26.1 Å². The summed E-state index contributed by atoms with van der Waals surface area (Å²) in [5, 5.41) is 7.64. The predicted octanol–water partition coefficient (Wildman–Crippen LogP) is 1.39. The Balaban J connectivity index is 1.76. The zero-order valence-electron chi connectivity index (χ0n) is 15.7. The Bertz CT molecular complexity index is 1050. The van der Waals surface area contributed by atoms with Crippen molar-refractivity contribution in [3.8, 4) is 0 Å². The minimum Gasteiger partial charge on any atom is -0.335 e. The van der Waals surface area contributed by atoms with Crippen LogP contribution in [0.3, 0.4) is 0 Å². The first-order valence-corrected chi connectivity index (χ1v) is 10.7. The summed E-state index contributed by atoms with van der Waals surface area (Å²) in [5.74, 6) is -0.697. The van der Waals surface area contributed by atoms with Gasteiger partial charge in [-0.1, -0.05) is 0 Å². The van der Waals surface area contributed by atoms with E-state index in [1.807, 2.05) is 0 Å². The van der Waals surface area contributed by atoms with Crippen LogP contribution in [-0.2, 0) is 30.3 Å². The van der Waals surface area contributed by atoms with Crippen LogP contribution in [0.1, 0.15) is 21.9 Å². The third-order valence-corrected chi connectivity index (χ3v) is 7.55. The van der Waals surface area contributed by atoms with Crippen LogP contribution in [0.25, 0.3) is 0 Å². The Kier molecular flexibility index (Phi) is 5.55. The molecule has 1 amide bonds. The zero-order chi connectivity index (χ0) is 21.7. The summed E-state index contributed by atoms with van der Waals surface area (Å²) in [7, 11) is -1.05. The second-order valence-corrected chi connectivity index (χ2v) is 9.25. The van der Waals surface area contributed by atoms with Gasteiger partial charge in [-0.3, -0.25) is 14.2 Å². The zero-order valence-corrected chi connectivity index (χ0v) is 18.1. The predicted molar refractivity (Wildman–Crippen MR) is 98.5 cm³/mol. The Hall–Kier alpha value is -1.93. The normalized spacial score (nSPS) is 16.4. The van der Waals surface area contributed by atoms with E-state index >= 15 is 0 Å². The largest absolute Gasteiger partial charge is 0.434 e. The third-order valence-electron chi connectivity index (χ3n) is 4.79. The van der Waals surface area contributed by atoms with Gasteiger partial charge in [-0.05, 0) is 22.9 Å². The number of nitrogens with zero attached hydrogens (tertiary/aromatic N) is 6. The number of hydrogen-bond donors (Lipinski definition) is 0. The highest BCUT2D eigenvalue weighted by molar-refractivity contribution is 9.10. The van der Waals surface area contributed by atoms with Crippen molar-refractivity contribution in [2.75, 3.05) is 26.2 Å². The van der Waals surface area contributed by atoms with Crippen LogP contribution in [0.2, 0.25) is 0 Å². The van der Waals surface area contributed by atoms with E-state index in [9.17, 15) is 26.4 Å². The number of sulfonamides is 1. The summed E-state index contributed by atoms with van der Waals surface area (Å²) in [5.41, 5.74) is -0.936. The van der Waals surface area contributed by atoms with E-state index in [0.29, 0.717) is 10.4 Å². The number of carbonyl (C=O) groups excluding carboxylic acids is 1. The molecular weight excluding hydrogens is 481 g/mol.